The Morgan fingerprint density at radius 2 is 1.92 bits per heavy atom. The highest BCUT2D eigenvalue weighted by Crippen LogP contribution is 2.01. The minimum Gasteiger partial charge on any atom is -0.330 e. The zero-order valence-electron chi connectivity index (χ0n) is 6.90. The van der Waals surface area contributed by atoms with Gasteiger partial charge in [-0.2, -0.15) is 0 Å². The second-order valence-corrected chi connectivity index (χ2v) is 4.14. The van der Waals surface area contributed by atoms with Gasteiger partial charge in [-0.05, 0) is 5.56 Å². The van der Waals surface area contributed by atoms with Crippen LogP contribution in [-0.4, -0.2) is 16.5 Å². The first-order chi connectivity index (χ1) is 5.83. The van der Waals surface area contributed by atoms with Crippen LogP contribution in [0.2, 0.25) is 0 Å². The molecule has 0 spiro atoms. The lowest BCUT2D eigenvalue weighted by Gasteiger charge is -1.99. The average Bonchev–Trinajstić information content (AvgIpc) is 2.06. The van der Waals surface area contributed by atoms with Crippen molar-refractivity contribution < 1.29 is 4.21 Å². The van der Waals surface area contributed by atoms with E-state index in [0.717, 1.165) is 5.56 Å². The minimum atomic E-state index is -0.796. The topological polar surface area (TPSA) is 43.1 Å². The smallest absolute Gasteiger partial charge is 0.0486 e. The van der Waals surface area contributed by atoms with E-state index in [1.165, 1.54) is 0 Å². The normalized spacial score (nSPS) is 12.8. The van der Waals surface area contributed by atoms with Crippen molar-refractivity contribution >= 4 is 10.8 Å². The number of nitrogens with two attached hydrogens (primary N) is 1. The fourth-order valence-electron chi connectivity index (χ4n) is 0.964. The Balaban J connectivity index is 2.47. The molecule has 1 rings (SSSR count). The first kappa shape index (κ1) is 9.42. The van der Waals surface area contributed by atoms with E-state index >= 15 is 0 Å². The highest BCUT2D eigenvalue weighted by atomic mass is 32.2. The highest BCUT2D eigenvalue weighted by Gasteiger charge is 1.98. The van der Waals surface area contributed by atoms with E-state index in [4.69, 9.17) is 5.73 Å². The summed E-state index contributed by atoms with van der Waals surface area (Å²) in [5, 5.41) is 0. The molecule has 12 heavy (non-hydrogen) atoms. The molecule has 66 valence electrons. The van der Waals surface area contributed by atoms with Crippen LogP contribution in [0.15, 0.2) is 30.3 Å². The van der Waals surface area contributed by atoms with E-state index in [9.17, 15) is 4.21 Å². The molecule has 2 N–H and O–H groups in total. The van der Waals surface area contributed by atoms with Crippen LogP contribution in [0.5, 0.6) is 0 Å². The molecule has 0 aliphatic rings. The summed E-state index contributed by atoms with van der Waals surface area (Å²) in [7, 11) is -0.796. The van der Waals surface area contributed by atoms with Crippen LogP contribution in [0.1, 0.15) is 5.56 Å². The van der Waals surface area contributed by atoms with Crippen molar-refractivity contribution in [3.05, 3.63) is 35.9 Å². The second-order valence-electron chi connectivity index (χ2n) is 2.56. The van der Waals surface area contributed by atoms with Crippen LogP contribution in [0, 0.1) is 0 Å². The van der Waals surface area contributed by atoms with Crippen LogP contribution < -0.4 is 5.73 Å². The van der Waals surface area contributed by atoms with Gasteiger partial charge >= 0.3 is 0 Å². The van der Waals surface area contributed by atoms with Crippen molar-refractivity contribution in [2.24, 2.45) is 5.73 Å². The summed E-state index contributed by atoms with van der Waals surface area (Å²) in [6, 6.07) is 9.82. The van der Waals surface area contributed by atoms with E-state index in [1.807, 2.05) is 30.3 Å². The molecule has 0 saturated heterocycles. The molecule has 0 fully saturated rings. The number of hydrogen-bond donors (Lipinski definition) is 1. The van der Waals surface area contributed by atoms with Gasteiger partial charge in [0, 0.05) is 28.9 Å². The lowest BCUT2D eigenvalue weighted by atomic mass is 10.2. The molecule has 1 atom stereocenters. The molecule has 0 amide bonds. The third-order valence-electron chi connectivity index (χ3n) is 1.52. The van der Waals surface area contributed by atoms with Crippen LogP contribution in [-0.2, 0) is 16.6 Å². The summed E-state index contributed by atoms with van der Waals surface area (Å²) in [5.41, 5.74) is 6.41. The molecule has 0 radical (unpaired) electrons. The Labute approximate surface area is 75.2 Å². The van der Waals surface area contributed by atoms with Gasteiger partial charge in [0.1, 0.15) is 0 Å². The maximum Gasteiger partial charge on any atom is 0.0486 e. The molecule has 1 aromatic rings. The number of benzene rings is 1. The zero-order chi connectivity index (χ0) is 8.81. The first-order valence-corrected chi connectivity index (χ1v) is 5.40. The van der Waals surface area contributed by atoms with Crippen LogP contribution in [0.25, 0.3) is 0 Å². The Hall–Kier alpha value is -0.670. The van der Waals surface area contributed by atoms with Gasteiger partial charge in [-0.25, -0.2) is 0 Å². The molecule has 3 heteroatoms. The van der Waals surface area contributed by atoms with E-state index < -0.39 is 10.8 Å². The zero-order valence-corrected chi connectivity index (χ0v) is 7.72. The summed E-state index contributed by atoms with van der Waals surface area (Å²) in [6.45, 7) is 0.499. The van der Waals surface area contributed by atoms with E-state index in [-0.39, 0.29) is 0 Å². The fourth-order valence-corrected chi connectivity index (χ4v) is 1.94. The SMILES string of the molecule is NCC[S@@](=O)Cc1ccccc1. The van der Waals surface area contributed by atoms with Crippen molar-refractivity contribution in [3.63, 3.8) is 0 Å². The third kappa shape index (κ3) is 3.15. The Kier molecular flexibility index (Phi) is 3.97. The third-order valence-corrected chi connectivity index (χ3v) is 2.86. The highest BCUT2D eigenvalue weighted by molar-refractivity contribution is 7.84. The first-order valence-electron chi connectivity index (χ1n) is 3.92. The molecule has 0 aromatic heterocycles. The number of hydrogen-bond acceptors (Lipinski definition) is 2. The summed E-state index contributed by atoms with van der Waals surface area (Å²) in [5.74, 6) is 1.22. The van der Waals surface area contributed by atoms with Crippen molar-refractivity contribution in [3.8, 4) is 0 Å². The van der Waals surface area contributed by atoms with Crippen LogP contribution in [0.4, 0.5) is 0 Å². The fraction of sp³-hybridized carbons (Fsp3) is 0.333. The lowest BCUT2D eigenvalue weighted by Crippen LogP contribution is -2.11. The summed E-state index contributed by atoms with van der Waals surface area (Å²) in [4.78, 5) is 0. The predicted molar refractivity (Wildman–Crippen MR) is 52.2 cm³/mol. The van der Waals surface area contributed by atoms with E-state index in [0.29, 0.717) is 18.1 Å². The van der Waals surface area contributed by atoms with E-state index in [2.05, 4.69) is 0 Å². The van der Waals surface area contributed by atoms with Gasteiger partial charge in [-0.15, -0.1) is 0 Å². The van der Waals surface area contributed by atoms with Gasteiger partial charge in [0.05, 0.1) is 0 Å². The Morgan fingerprint density at radius 3 is 2.50 bits per heavy atom. The maximum atomic E-state index is 11.2. The molecule has 1 aromatic carbocycles. The Bertz CT molecular complexity index is 248. The minimum absolute atomic E-state index is 0.499. The quantitative estimate of drug-likeness (QED) is 0.753. The van der Waals surface area contributed by atoms with Crippen molar-refractivity contribution in [1.29, 1.82) is 0 Å². The molecular weight excluding hydrogens is 170 g/mol. The second kappa shape index (κ2) is 5.06. The average molecular weight is 183 g/mol. The Morgan fingerprint density at radius 1 is 1.25 bits per heavy atom. The van der Waals surface area contributed by atoms with Gasteiger partial charge in [-0.3, -0.25) is 4.21 Å². The molecule has 0 unspecified atom stereocenters. The molecule has 0 saturated carbocycles. The van der Waals surface area contributed by atoms with Gasteiger partial charge in [-0.1, -0.05) is 30.3 Å². The van der Waals surface area contributed by atoms with Crippen LogP contribution >= 0.6 is 0 Å². The van der Waals surface area contributed by atoms with Gasteiger partial charge in [0.25, 0.3) is 0 Å². The monoisotopic (exact) mass is 183 g/mol. The molecular formula is C9H13NOS. The van der Waals surface area contributed by atoms with Crippen molar-refractivity contribution in [2.75, 3.05) is 12.3 Å². The summed E-state index contributed by atoms with van der Waals surface area (Å²) < 4.78 is 11.2. The number of rotatable bonds is 4. The van der Waals surface area contributed by atoms with Gasteiger partial charge in [0.15, 0.2) is 0 Å². The van der Waals surface area contributed by atoms with E-state index in [1.54, 1.807) is 0 Å². The van der Waals surface area contributed by atoms with Crippen molar-refractivity contribution in [1.82, 2.24) is 0 Å². The van der Waals surface area contributed by atoms with Gasteiger partial charge in [0.2, 0.25) is 0 Å². The molecule has 0 aliphatic carbocycles. The molecule has 0 heterocycles. The van der Waals surface area contributed by atoms with Crippen LogP contribution in [0.3, 0.4) is 0 Å². The van der Waals surface area contributed by atoms with Gasteiger partial charge < -0.3 is 5.73 Å². The molecule has 0 bridgehead atoms. The standard InChI is InChI=1S/C9H13NOS/c10-6-7-12(11)8-9-4-2-1-3-5-9/h1-5H,6-8,10H2/t12-/m1/s1. The summed E-state index contributed by atoms with van der Waals surface area (Å²) in [6.07, 6.45) is 0. The predicted octanol–water partition coefficient (Wildman–Crippen LogP) is 0.894. The summed E-state index contributed by atoms with van der Waals surface area (Å²) >= 11 is 0. The molecule has 2 nitrogen and oxygen atoms in total. The van der Waals surface area contributed by atoms with Crippen molar-refractivity contribution in [2.45, 2.75) is 5.75 Å². The molecule has 0 aliphatic heterocycles. The largest absolute Gasteiger partial charge is 0.330 e. The maximum absolute atomic E-state index is 11.2. The lowest BCUT2D eigenvalue weighted by molar-refractivity contribution is 0.682.